The molecule has 2 aliphatic rings. The Morgan fingerprint density at radius 1 is 1.04 bits per heavy atom. The highest BCUT2D eigenvalue weighted by atomic mass is 16.7. The summed E-state index contributed by atoms with van der Waals surface area (Å²) in [5.74, 6) is -5.56. The van der Waals surface area contributed by atoms with Gasteiger partial charge < -0.3 is 54.9 Å². The van der Waals surface area contributed by atoms with Crippen LogP contribution in [0.4, 0.5) is 0 Å². The van der Waals surface area contributed by atoms with Crippen molar-refractivity contribution in [3.63, 3.8) is 0 Å². The molecule has 1 unspecified atom stereocenters. The van der Waals surface area contributed by atoms with Crippen LogP contribution in [0.1, 0.15) is 86.6 Å². The van der Waals surface area contributed by atoms with E-state index in [0.29, 0.717) is 13.0 Å². The maximum Gasteiger partial charge on any atom is 0.316 e. The van der Waals surface area contributed by atoms with Crippen molar-refractivity contribution in [2.75, 3.05) is 33.8 Å². The number of nitrogens with one attached hydrogen (secondary N) is 2. The molecule has 0 aromatic heterocycles. The fourth-order valence-electron chi connectivity index (χ4n) is 7.91. The van der Waals surface area contributed by atoms with Crippen molar-refractivity contribution in [3.8, 4) is 0 Å². The molecule has 14 atom stereocenters. The molecule has 0 bridgehead atoms. The largest absolute Gasteiger partial charge is 0.459 e. The third-order valence-electron chi connectivity index (χ3n) is 11.4. The number of benzene rings is 1. The Bertz CT molecular complexity index is 1370. The van der Waals surface area contributed by atoms with E-state index in [9.17, 15) is 34.8 Å². The monoisotopic (exact) mass is 779 g/mol. The summed E-state index contributed by atoms with van der Waals surface area (Å²) in [6, 6.07) is 9.14. The van der Waals surface area contributed by atoms with Crippen molar-refractivity contribution in [2.24, 2.45) is 17.8 Å². The number of Topliss-reactive ketones (excluding diaryl/α,β-unsaturated/α-hetero) is 1. The Kier molecular flexibility index (Phi) is 17.7. The molecule has 314 valence electrons. The molecule has 2 heterocycles. The predicted octanol–water partition coefficient (Wildman–Crippen LogP) is 1.98. The molecule has 14 heteroatoms. The molecule has 0 spiro atoms. The summed E-state index contributed by atoms with van der Waals surface area (Å²) in [4.78, 5) is 43.4. The van der Waals surface area contributed by atoms with Crippen LogP contribution in [-0.2, 0) is 39.8 Å². The minimum atomic E-state index is -2.03. The molecule has 0 aliphatic carbocycles. The van der Waals surface area contributed by atoms with Gasteiger partial charge in [-0.3, -0.25) is 14.4 Å². The average Bonchev–Trinajstić information content (AvgIpc) is 3.14. The van der Waals surface area contributed by atoms with Crippen molar-refractivity contribution in [1.29, 1.82) is 0 Å². The van der Waals surface area contributed by atoms with Crippen LogP contribution in [-0.4, -0.2) is 143 Å². The first-order valence-electron chi connectivity index (χ1n) is 19.9. The van der Waals surface area contributed by atoms with Gasteiger partial charge in [-0.15, -0.1) is 0 Å². The Hall–Kier alpha value is -2.53. The molecule has 3 rings (SSSR count). The fourth-order valence-corrected chi connectivity index (χ4v) is 7.91. The van der Waals surface area contributed by atoms with Crippen molar-refractivity contribution < 1.29 is 53.8 Å². The molecule has 55 heavy (non-hydrogen) atoms. The van der Waals surface area contributed by atoms with Crippen LogP contribution in [0.3, 0.4) is 0 Å². The minimum absolute atomic E-state index is 0.0450. The number of ketones is 1. The molecule has 2 fully saturated rings. The van der Waals surface area contributed by atoms with Crippen LogP contribution >= 0.6 is 0 Å². The molecule has 2 saturated heterocycles. The highest BCUT2D eigenvalue weighted by molar-refractivity contribution is 6.00. The second kappa shape index (κ2) is 20.8. The summed E-state index contributed by atoms with van der Waals surface area (Å²) in [6.45, 7) is 13.5. The maximum absolute atomic E-state index is 14.3. The lowest BCUT2D eigenvalue weighted by Gasteiger charge is -2.47. The second-order valence-electron chi connectivity index (χ2n) is 16.5. The van der Waals surface area contributed by atoms with E-state index in [-0.39, 0.29) is 38.1 Å². The molecular formula is C41H69N3O11. The fraction of sp³-hybridized carbons (Fsp3) is 0.780. The third kappa shape index (κ3) is 12.5. The van der Waals surface area contributed by atoms with Crippen LogP contribution in [0.2, 0.25) is 0 Å². The van der Waals surface area contributed by atoms with Gasteiger partial charge in [-0.2, -0.15) is 0 Å². The van der Waals surface area contributed by atoms with Gasteiger partial charge in [0.2, 0.25) is 5.91 Å². The lowest BCUT2D eigenvalue weighted by atomic mass is 9.79. The Morgan fingerprint density at radius 2 is 1.69 bits per heavy atom. The molecule has 1 amide bonds. The molecule has 0 radical (unpaired) electrons. The van der Waals surface area contributed by atoms with E-state index in [2.05, 4.69) is 22.8 Å². The van der Waals surface area contributed by atoms with Crippen molar-refractivity contribution >= 4 is 17.7 Å². The van der Waals surface area contributed by atoms with Crippen LogP contribution in [0, 0.1) is 17.8 Å². The minimum Gasteiger partial charge on any atom is -0.459 e. The average molecular weight is 780 g/mol. The molecule has 6 N–H and O–H groups in total. The molecule has 14 nitrogen and oxygen atoms in total. The number of ether oxygens (including phenoxy) is 4. The van der Waals surface area contributed by atoms with E-state index in [1.807, 2.05) is 44.1 Å². The number of carbonyl (C=O) groups excluding carboxylic acids is 3. The van der Waals surface area contributed by atoms with E-state index < -0.39 is 89.5 Å². The lowest BCUT2D eigenvalue weighted by molar-refractivity contribution is -0.298. The second-order valence-corrected chi connectivity index (χ2v) is 16.5. The molecule has 0 saturated carbocycles. The van der Waals surface area contributed by atoms with Crippen LogP contribution in [0.25, 0.3) is 0 Å². The number of esters is 1. The molecule has 1 aromatic carbocycles. The van der Waals surface area contributed by atoms with E-state index in [0.717, 1.165) is 12.8 Å². The number of carbonyl (C=O) groups is 3. The Balaban J connectivity index is 1.99. The number of likely N-dealkylation sites (N-methyl/N-ethyl adjacent to an activating group) is 1. The van der Waals surface area contributed by atoms with E-state index in [1.165, 1.54) is 26.3 Å². The lowest BCUT2D eigenvalue weighted by Crippen LogP contribution is -2.60. The summed E-state index contributed by atoms with van der Waals surface area (Å²) in [5, 5.41) is 51.5. The number of cyclic esters (lactones) is 1. The first-order chi connectivity index (χ1) is 25.7. The predicted molar refractivity (Wildman–Crippen MR) is 207 cm³/mol. The molecule has 1 aromatic rings. The van der Waals surface area contributed by atoms with Crippen LogP contribution in [0.15, 0.2) is 30.3 Å². The van der Waals surface area contributed by atoms with Crippen LogP contribution in [0.5, 0.6) is 0 Å². The zero-order chi connectivity index (χ0) is 41.2. The number of aliphatic hydroxyl groups is 4. The normalized spacial score (nSPS) is 37.8. The number of hydrogen-bond acceptors (Lipinski definition) is 13. The van der Waals surface area contributed by atoms with Gasteiger partial charge in [0.05, 0.1) is 42.5 Å². The van der Waals surface area contributed by atoms with Gasteiger partial charge in [0, 0.05) is 24.5 Å². The van der Waals surface area contributed by atoms with E-state index in [4.69, 9.17) is 18.9 Å². The summed E-state index contributed by atoms with van der Waals surface area (Å²) < 4.78 is 25.0. The summed E-state index contributed by atoms with van der Waals surface area (Å²) >= 11 is 0. The van der Waals surface area contributed by atoms with Gasteiger partial charge in [0.25, 0.3) is 0 Å². The summed E-state index contributed by atoms with van der Waals surface area (Å²) in [6.07, 6.45) is -5.20. The van der Waals surface area contributed by atoms with Crippen molar-refractivity contribution in [2.45, 2.75) is 154 Å². The van der Waals surface area contributed by atoms with Gasteiger partial charge in [0.15, 0.2) is 12.1 Å². The zero-order valence-electron chi connectivity index (χ0n) is 34.6. The number of hydrogen-bond donors (Lipinski definition) is 6. The highest BCUT2D eigenvalue weighted by Crippen LogP contribution is 2.36. The van der Waals surface area contributed by atoms with Crippen LogP contribution < -0.4 is 10.6 Å². The van der Waals surface area contributed by atoms with E-state index in [1.54, 1.807) is 27.7 Å². The van der Waals surface area contributed by atoms with Gasteiger partial charge >= 0.3 is 5.97 Å². The topological polar surface area (TPSA) is 196 Å². The molecule has 2 aliphatic heterocycles. The van der Waals surface area contributed by atoms with Gasteiger partial charge in [0.1, 0.15) is 23.7 Å². The first-order valence-corrected chi connectivity index (χ1v) is 19.9. The number of amides is 1. The third-order valence-corrected chi connectivity index (χ3v) is 11.4. The highest BCUT2D eigenvalue weighted by Gasteiger charge is 2.51. The van der Waals surface area contributed by atoms with Gasteiger partial charge in [-0.1, -0.05) is 51.1 Å². The number of nitrogens with zero attached hydrogens (tertiary/aromatic N) is 1. The van der Waals surface area contributed by atoms with Gasteiger partial charge in [-0.05, 0) is 92.9 Å². The standard InChI is InChI=1S/C41H69N3O11/c1-11-32-41(8,51)35(48)28(6)37(49)43-24(2)21-40(7,52-23-30(45)22-42-19-15-18-29-16-13-12-14-17-29)36(26(4)33(46)27(5)38(50)54-32)55-39-34(47)31(44(9)10)20-25(3)53-39/h12-14,16-17,24-28,30-32,34-36,39,42,45,47-48,51H,11,15,18-23H2,1-10H3,(H,43,49)/t24-,25-,26+,27-,28-,30?,31+,32-,34-,35-,36-,39+,40-,41-/m1/s1. The van der Waals surface area contributed by atoms with Gasteiger partial charge in [-0.25, -0.2) is 0 Å². The van der Waals surface area contributed by atoms with Crippen molar-refractivity contribution in [1.82, 2.24) is 15.5 Å². The molecular weight excluding hydrogens is 710 g/mol. The van der Waals surface area contributed by atoms with Crippen molar-refractivity contribution in [3.05, 3.63) is 35.9 Å². The zero-order valence-corrected chi connectivity index (χ0v) is 34.6. The Labute approximate surface area is 327 Å². The quantitative estimate of drug-likeness (QED) is 0.0968. The first kappa shape index (κ1) is 46.8. The number of aliphatic hydroxyl groups excluding tert-OH is 3. The summed E-state index contributed by atoms with van der Waals surface area (Å²) in [7, 11) is 3.69. The smallest absolute Gasteiger partial charge is 0.316 e. The Morgan fingerprint density at radius 3 is 2.31 bits per heavy atom. The SMILES string of the molecule is CC[C@H]1OC(=O)[C@H](C)C(=O)[C@H](C)[C@@H](O[C@@H]2O[C@H](C)C[C@H](N(C)C)[C@H]2O)[C@](C)(OCC(O)CNCCCc2ccccc2)C[C@@H](C)NC(=O)[C@H](C)[C@@H](O)[C@]1(C)O. The maximum atomic E-state index is 14.3. The number of rotatable bonds is 13. The number of aryl methyl sites for hydroxylation is 1. The van der Waals surface area contributed by atoms with E-state index >= 15 is 0 Å². The summed E-state index contributed by atoms with van der Waals surface area (Å²) in [5.41, 5.74) is -2.24.